The molecule has 2 atom stereocenters. The lowest BCUT2D eigenvalue weighted by atomic mass is 10.1. The summed E-state index contributed by atoms with van der Waals surface area (Å²) in [6.45, 7) is 7.77. The van der Waals surface area contributed by atoms with Gasteiger partial charge in [-0.2, -0.15) is 0 Å². The van der Waals surface area contributed by atoms with Gasteiger partial charge in [-0.1, -0.05) is 117 Å². The molecule has 240 valence electrons. The Morgan fingerprint density at radius 1 is 0.463 bits per heavy atom. The van der Waals surface area contributed by atoms with Gasteiger partial charge in [0.05, 0.1) is 0 Å². The molecule has 0 aliphatic heterocycles. The van der Waals surface area contributed by atoms with E-state index in [1.54, 1.807) is 0 Å². The molecule has 41 heavy (non-hydrogen) atoms. The van der Waals surface area contributed by atoms with Gasteiger partial charge in [0.2, 0.25) is 11.8 Å². The fourth-order valence-electron chi connectivity index (χ4n) is 5.21. The summed E-state index contributed by atoms with van der Waals surface area (Å²) in [7, 11) is 0. The minimum Gasteiger partial charge on any atom is -0.480 e. The van der Waals surface area contributed by atoms with E-state index in [1.807, 2.05) is 0 Å². The zero-order chi connectivity index (χ0) is 30.9. The van der Waals surface area contributed by atoms with Crippen molar-refractivity contribution in [3.63, 3.8) is 0 Å². The van der Waals surface area contributed by atoms with Crippen molar-refractivity contribution in [1.82, 2.24) is 9.80 Å². The van der Waals surface area contributed by atoms with Crippen LogP contribution >= 0.6 is 0 Å². The van der Waals surface area contributed by atoms with E-state index < -0.39 is 24.0 Å². The van der Waals surface area contributed by atoms with Crippen molar-refractivity contribution in [2.45, 2.75) is 175 Å². The smallest absolute Gasteiger partial charge is 0.326 e. The summed E-state index contributed by atoms with van der Waals surface area (Å²) < 4.78 is 0. The van der Waals surface area contributed by atoms with Crippen molar-refractivity contribution in [1.29, 1.82) is 0 Å². The number of carbonyl (C=O) groups is 4. The van der Waals surface area contributed by atoms with Crippen molar-refractivity contribution in [2.24, 2.45) is 0 Å². The summed E-state index contributed by atoms with van der Waals surface area (Å²) in [5.41, 5.74) is 0. The Kier molecular flexibility index (Phi) is 24.3. The van der Waals surface area contributed by atoms with E-state index in [0.29, 0.717) is 19.3 Å². The number of hydrogen-bond donors (Lipinski definition) is 2. The van der Waals surface area contributed by atoms with Gasteiger partial charge < -0.3 is 20.0 Å². The van der Waals surface area contributed by atoms with E-state index in [0.717, 1.165) is 51.4 Å². The third-order valence-corrected chi connectivity index (χ3v) is 8.08. The number of carbonyl (C=O) groups excluding carboxylic acids is 2. The summed E-state index contributed by atoms with van der Waals surface area (Å²) in [5.74, 6) is -2.52. The van der Waals surface area contributed by atoms with E-state index >= 15 is 0 Å². The van der Waals surface area contributed by atoms with Crippen LogP contribution in [0.15, 0.2) is 0 Å². The molecule has 2 N–H and O–H groups in total. The fourth-order valence-corrected chi connectivity index (χ4v) is 5.21. The molecule has 0 saturated heterocycles. The van der Waals surface area contributed by atoms with Crippen LogP contribution in [0.1, 0.15) is 163 Å². The largest absolute Gasteiger partial charge is 0.480 e. The number of aliphatic carboxylic acids is 2. The summed E-state index contributed by atoms with van der Waals surface area (Å²) in [4.78, 5) is 52.0. The Hall–Kier alpha value is -2.12. The normalized spacial score (nSPS) is 12.6. The average Bonchev–Trinajstić information content (AvgIpc) is 2.94. The number of rotatable bonds is 28. The van der Waals surface area contributed by atoms with Crippen LogP contribution in [0.4, 0.5) is 0 Å². The second-order valence-corrected chi connectivity index (χ2v) is 11.7. The molecule has 0 rings (SSSR count). The van der Waals surface area contributed by atoms with Gasteiger partial charge in [0.15, 0.2) is 0 Å². The Bertz CT molecular complexity index is 656. The topological polar surface area (TPSA) is 115 Å². The van der Waals surface area contributed by atoms with Gasteiger partial charge in [-0.15, -0.1) is 0 Å². The van der Waals surface area contributed by atoms with Crippen LogP contribution in [0.5, 0.6) is 0 Å². The van der Waals surface area contributed by atoms with Crippen molar-refractivity contribution in [3.05, 3.63) is 0 Å². The van der Waals surface area contributed by atoms with Crippen LogP contribution in [0, 0.1) is 0 Å². The highest BCUT2D eigenvalue weighted by Crippen LogP contribution is 2.15. The molecule has 0 heterocycles. The third kappa shape index (κ3) is 19.6. The van der Waals surface area contributed by atoms with Crippen molar-refractivity contribution in [3.8, 4) is 0 Å². The predicted molar refractivity (Wildman–Crippen MR) is 166 cm³/mol. The average molecular weight is 583 g/mol. The van der Waals surface area contributed by atoms with Crippen molar-refractivity contribution < 1.29 is 29.4 Å². The second kappa shape index (κ2) is 25.6. The number of hydrogen-bond acceptors (Lipinski definition) is 4. The van der Waals surface area contributed by atoms with Gasteiger partial charge in [0, 0.05) is 25.9 Å². The monoisotopic (exact) mass is 582 g/mol. The molecule has 8 heteroatoms. The highest BCUT2D eigenvalue weighted by Gasteiger charge is 2.28. The molecule has 0 unspecified atom stereocenters. The summed E-state index contributed by atoms with van der Waals surface area (Å²) in [6.07, 6.45) is 21.4. The lowest BCUT2D eigenvalue weighted by Crippen LogP contribution is -2.47. The van der Waals surface area contributed by atoms with Crippen molar-refractivity contribution in [2.75, 3.05) is 13.1 Å². The zero-order valence-electron chi connectivity index (χ0n) is 26.8. The Morgan fingerprint density at radius 2 is 0.732 bits per heavy atom. The first-order valence-corrected chi connectivity index (χ1v) is 16.7. The molecule has 0 bridgehead atoms. The summed E-state index contributed by atoms with van der Waals surface area (Å²) >= 11 is 0. The van der Waals surface area contributed by atoms with Crippen LogP contribution in [0.25, 0.3) is 0 Å². The minimum absolute atomic E-state index is 0.178. The Balaban J connectivity index is 4.68. The van der Waals surface area contributed by atoms with E-state index in [4.69, 9.17) is 0 Å². The molecule has 0 saturated carbocycles. The maximum Gasteiger partial charge on any atom is 0.326 e. The first-order valence-electron chi connectivity index (χ1n) is 16.7. The number of amides is 2. The molecule has 0 aliphatic rings. The first-order chi connectivity index (χ1) is 19.7. The molecule has 0 aliphatic carbocycles. The van der Waals surface area contributed by atoms with Gasteiger partial charge in [0.1, 0.15) is 12.1 Å². The molecule has 2 amide bonds. The van der Waals surface area contributed by atoms with Crippen molar-refractivity contribution >= 4 is 23.8 Å². The number of carboxylic acids is 2. The second-order valence-electron chi connectivity index (χ2n) is 11.7. The lowest BCUT2D eigenvalue weighted by Gasteiger charge is -2.30. The molecule has 0 aromatic rings. The standard InChI is InChI=1S/C33H62N2O6/c1-5-7-9-11-13-15-17-19-21-24-30(36)34(28(3)32(38)39)26-23-27-35(29(4)33(40)41)31(37)25-22-20-18-16-14-12-10-8-6-2/h28-29H,5-27H2,1-4H3,(H,38,39)(H,40,41)/t28-,29-/m0/s1. The molecule has 0 spiro atoms. The third-order valence-electron chi connectivity index (χ3n) is 8.08. The molecule has 0 radical (unpaired) electrons. The van der Waals surface area contributed by atoms with Gasteiger partial charge in [-0.3, -0.25) is 9.59 Å². The molecular formula is C33H62N2O6. The van der Waals surface area contributed by atoms with Gasteiger partial charge >= 0.3 is 11.9 Å². The van der Waals surface area contributed by atoms with Crippen LogP contribution in [-0.2, 0) is 19.2 Å². The van der Waals surface area contributed by atoms with Gasteiger partial charge in [-0.05, 0) is 33.1 Å². The maximum absolute atomic E-state index is 12.9. The molecule has 8 nitrogen and oxygen atoms in total. The van der Waals surface area contributed by atoms with E-state index in [1.165, 1.54) is 87.9 Å². The van der Waals surface area contributed by atoms with Crippen LogP contribution in [0.2, 0.25) is 0 Å². The summed E-state index contributed by atoms with van der Waals surface area (Å²) in [5, 5.41) is 19.1. The Labute approximate surface area is 250 Å². The van der Waals surface area contributed by atoms with Crippen LogP contribution < -0.4 is 0 Å². The number of unbranched alkanes of at least 4 members (excludes halogenated alkanes) is 16. The molecule has 0 aromatic carbocycles. The predicted octanol–water partition coefficient (Wildman–Crippen LogP) is 7.82. The highest BCUT2D eigenvalue weighted by molar-refractivity contribution is 5.84. The molecule has 0 fully saturated rings. The quantitative estimate of drug-likeness (QED) is 0.0909. The summed E-state index contributed by atoms with van der Waals surface area (Å²) in [6, 6.07) is -1.94. The maximum atomic E-state index is 12.9. The SMILES string of the molecule is CCCCCCCCCCCC(=O)N(CCCN(C(=O)CCCCCCCCCCC)[C@@H](C)C(=O)O)[C@@H](C)C(=O)O. The minimum atomic E-state index is -1.07. The zero-order valence-corrected chi connectivity index (χ0v) is 26.8. The Morgan fingerprint density at radius 3 is 1.00 bits per heavy atom. The first kappa shape index (κ1) is 38.9. The van der Waals surface area contributed by atoms with E-state index in [-0.39, 0.29) is 24.9 Å². The van der Waals surface area contributed by atoms with E-state index in [2.05, 4.69) is 13.8 Å². The van der Waals surface area contributed by atoms with Gasteiger partial charge in [0.25, 0.3) is 0 Å². The fraction of sp³-hybridized carbons (Fsp3) is 0.879. The van der Waals surface area contributed by atoms with Crippen LogP contribution in [-0.4, -0.2) is 68.9 Å². The lowest BCUT2D eigenvalue weighted by molar-refractivity contribution is -0.150. The van der Waals surface area contributed by atoms with E-state index in [9.17, 15) is 29.4 Å². The van der Waals surface area contributed by atoms with Crippen LogP contribution in [0.3, 0.4) is 0 Å². The molecular weight excluding hydrogens is 520 g/mol. The highest BCUT2D eigenvalue weighted by atomic mass is 16.4. The van der Waals surface area contributed by atoms with Gasteiger partial charge in [-0.25, -0.2) is 9.59 Å². The number of carboxylic acid groups (broad SMARTS) is 2. The number of nitrogens with zero attached hydrogens (tertiary/aromatic N) is 2. The molecule has 0 aromatic heterocycles.